The molecule has 1 fully saturated rings. The molecule has 1 saturated heterocycles. The highest BCUT2D eigenvalue weighted by atomic mass is 16.2. The third-order valence-electron chi connectivity index (χ3n) is 5.12. The third-order valence-corrected chi connectivity index (χ3v) is 5.12. The van der Waals surface area contributed by atoms with Gasteiger partial charge in [-0.1, -0.05) is 24.3 Å². The van der Waals surface area contributed by atoms with Gasteiger partial charge in [-0.2, -0.15) is 0 Å². The number of fused-ring (bicyclic) bond motifs is 1. The first-order chi connectivity index (χ1) is 12.8. The van der Waals surface area contributed by atoms with E-state index in [2.05, 4.69) is 39.2 Å². The lowest BCUT2D eigenvalue weighted by Crippen LogP contribution is -2.33. The standard InChI is InChI=1S/C21H22N4O/c26-21(20-23-11-4-12-24-20)25-13-3-5-16(9-14-25)15-18-7-1-6-17-8-2-10-22-19(17)18/h1-2,4,6-8,10-12,16H,3,5,9,13-15H2/t16-/m0/s1. The van der Waals surface area contributed by atoms with Crippen LogP contribution in [0.15, 0.2) is 55.0 Å². The third kappa shape index (κ3) is 3.57. The Bertz CT molecular complexity index is 891. The summed E-state index contributed by atoms with van der Waals surface area (Å²) in [5.74, 6) is 0.805. The quantitative estimate of drug-likeness (QED) is 0.728. The number of nitrogens with zero attached hydrogens (tertiary/aromatic N) is 4. The molecule has 1 aliphatic rings. The zero-order valence-electron chi connectivity index (χ0n) is 14.7. The van der Waals surface area contributed by atoms with Crippen molar-refractivity contribution in [2.75, 3.05) is 13.1 Å². The van der Waals surface area contributed by atoms with Crippen molar-refractivity contribution in [1.29, 1.82) is 0 Å². The van der Waals surface area contributed by atoms with Gasteiger partial charge in [0, 0.05) is 37.1 Å². The van der Waals surface area contributed by atoms with Crippen molar-refractivity contribution in [3.63, 3.8) is 0 Å². The molecule has 0 radical (unpaired) electrons. The van der Waals surface area contributed by atoms with E-state index in [4.69, 9.17) is 0 Å². The fourth-order valence-corrected chi connectivity index (χ4v) is 3.77. The van der Waals surface area contributed by atoms with Crippen molar-refractivity contribution in [3.8, 4) is 0 Å². The van der Waals surface area contributed by atoms with E-state index in [1.54, 1.807) is 18.5 Å². The van der Waals surface area contributed by atoms with E-state index in [1.807, 2.05) is 17.2 Å². The van der Waals surface area contributed by atoms with Gasteiger partial charge in [-0.3, -0.25) is 9.78 Å². The molecule has 1 atom stereocenters. The van der Waals surface area contributed by atoms with Crippen LogP contribution in [-0.4, -0.2) is 38.8 Å². The number of benzene rings is 1. The molecule has 0 N–H and O–H groups in total. The highest BCUT2D eigenvalue weighted by Crippen LogP contribution is 2.25. The van der Waals surface area contributed by atoms with Crippen LogP contribution in [0.5, 0.6) is 0 Å². The van der Waals surface area contributed by atoms with Crippen LogP contribution in [0.4, 0.5) is 0 Å². The maximum atomic E-state index is 12.6. The summed E-state index contributed by atoms with van der Waals surface area (Å²) in [5.41, 5.74) is 2.41. The molecular weight excluding hydrogens is 324 g/mol. The number of hydrogen-bond donors (Lipinski definition) is 0. The molecule has 0 aliphatic carbocycles. The molecule has 0 unspecified atom stereocenters. The van der Waals surface area contributed by atoms with Crippen molar-refractivity contribution in [1.82, 2.24) is 19.9 Å². The van der Waals surface area contributed by atoms with Crippen molar-refractivity contribution in [2.24, 2.45) is 5.92 Å². The van der Waals surface area contributed by atoms with Gasteiger partial charge in [0.05, 0.1) is 5.52 Å². The van der Waals surface area contributed by atoms with Gasteiger partial charge in [0.2, 0.25) is 5.82 Å². The van der Waals surface area contributed by atoms with Crippen molar-refractivity contribution >= 4 is 16.8 Å². The molecule has 5 heteroatoms. The van der Waals surface area contributed by atoms with Gasteiger partial charge in [-0.25, -0.2) is 9.97 Å². The molecule has 26 heavy (non-hydrogen) atoms. The Hall–Kier alpha value is -2.82. The maximum Gasteiger partial charge on any atom is 0.291 e. The second-order valence-electron chi connectivity index (χ2n) is 6.86. The minimum Gasteiger partial charge on any atom is -0.336 e. The Balaban J connectivity index is 1.45. The Kier molecular flexibility index (Phi) is 4.86. The predicted octanol–water partition coefficient (Wildman–Crippen LogP) is 3.51. The highest BCUT2D eigenvalue weighted by molar-refractivity contribution is 5.90. The maximum absolute atomic E-state index is 12.6. The molecule has 5 nitrogen and oxygen atoms in total. The first kappa shape index (κ1) is 16.6. The van der Waals surface area contributed by atoms with Gasteiger partial charge in [-0.15, -0.1) is 0 Å². The number of pyridine rings is 1. The minimum absolute atomic E-state index is 0.0573. The molecule has 1 amide bonds. The van der Waals surface area contributed by atoms with E-state index in [9.17, 15) is 4.79 Å². The number of aromatic nitrogens is 3. The smallest absolute Gasteiger partial charge is 0.291 e. The number of para-hydroxylation sites is 1. The van der Waals surface area contributed by atoms with Crippen LogP contribution < -0.4 is 0 Å². The minimum atomic E-state index is -0.0573. The number of hydrogen-bond acceptors (Lipinski definition) is 4. The van der Waals surface area contributed by atoms with Crippen molar-refractivity contribution in [3.05, 3.63) is 66.4 Å². The second kappa shape index (κ2) is 7.60. The van der Waals surface area contributed by atoms with Crippen molar-refractivity contribution in [2.45, 2.75) is 25.7 Å². The Morgan fingerprint density at radius 1 is 0.962 bits per heavy atom. The predicted molar refractivity (Wildman–Crippen MR) is 101 cm³/mol. The zero-order valence-corrected chi connectivity index (χ0v) is 14.7. The molecule has 0 saturated carbocycles. The molecule has 0 spiro atoms. The average molecular weight is 346 g/mol. The fourth-order valence-electron chi connectivity index (χ4n) is 3.77. The van der Waals surface area contributed by atoms with E-state index in [1.165, 1.54) is 10.9 Å². The molecule has 1 aromatic carbocycles. The highest BCUT2D eigenvalue weighted by Gasteiger charge is 2.23. The molecule has 3 heterocycles. The van der Waals surface area contributed by atoms with Gasteiger partial charge in [0.1, 0.15) is 0 Å². The Morgan fingerprint density at radius 3 is 2.65 bits per heavy atom. The molecule has 3 aromatic rings. The Labute approximate surface area is 153 Å². The van der Waals surface area contributed by atoms with Crippen LogP contribution >= 0.6 is 0 Å². The average Bonchev–Trinajstić information content (AvgIpc) is 2.94. The summed E-state index contributed by atoms with van der Waals surface area (Å²) in [6.45, 7) is 1.54. The summed E-state index contributed by atoms with van der Waals surface area (Å²) in [7, 11) is 0. The lowest BCUT2D eigenvalue weighted by Gasteiger charge is -2.19. The number of amides is 1. The lowest BCUT2D eigenvalue weighted by molar-refractivity contribution is 0.0747. The largest absolute Gasteiger partial charge is 0.336 e. The molecule has 0 bridgehead atoms. The summed E-state index contributed by atoms with van der Waals surface area (Å²) in [6.07, 6.45) is 9.26. The topological polar surface area (TPSA) is 59.0 Å². The van der Waals surface area contributed by atoms with Gasteiger partial charge in [0.15, 0.2) is 0 Å². The normalized spacial score (nSPS) is 17.8. The first-order valence-electron chi connectivity index (χ1n) is 9.20. The lowest BCUT2D eigenvalue weighted by atomic mass is 9.91. The van der Waals surface area contributed by atoms with Gasteiger partial charge in [-0.05, 0) is 49.3 Å². The van der Waals surface area contributed by atoms with Gasteiger partial charge in [0.25, 0.3) is 5.91 Å². The summed E-state index contributed by atoms with van der Waals surface area (Å²) in [6, 6.07) is 12.2. The van der Waals surface area contributed by atoms with E-state index in [-0.39, 0.29) is 5.91 Å². The van der Waals surface area contributed by atoms with E-state index < -0.39 is 0 Å². The summed E-state index contributed by atoms with van der Waals surface area (Å²) < 4.78 is 0. The summed E-state index contributed by atoms with van der Waals surface area (Å²) in [4.78, 5) is 27.2. The summed E-state index contributed by atoms with van der Waals surface area (Å²) >= 11 is 0. The van der Waals surface area contributed by atoms with Gasteiger partial charge >= 0.3 is 0 Å². The van der Waals surface area contributed by atoms with Crippen molar-refractivity contribution < 1.29 is 4.79 Å². The summed E-state index contributed by atoms with van der Waals surface area (Å²) in [5, 5.41) is 1.19. The van der Waals surface area contributed by atoms with Crippen LogP contribution in [0, 0.1) is 5.92 Å². The number of likely N-dealkylation sites (tertiary alicyclic amines) is 1. The molecule has 2 aromatic heterocycles. The van der Waals surface area contributed by atoms with Crippen LogP contribution in [0.1, 0.15) is 35.4 Å². The molecular formula is C21H22N4O. The van der Waals surface area contributed by atoms with Crippen LogP contribution in [0.2, 0.25) is 0 Å². The Morgan fingerprint density at radius 2 is 1.77 bits per heavy atom. The van der Waals surface area contributed by atoms with Crippen LogP contribution in [0.3, 0.4) is 0 Å². The van der Waals surface area contributed by atoms with E-state index in [0.717, 1.165) is 44.3 Å². The molecule has 1 aliphatic heterocycles. The molecule has 4 rings (SSSR count). The number of carbonyl (C=O) groups is 1. The van der Waals surface area contributed by atoms with Crippen LogP contribution in [0.25, 0.3) is 10.9 Å². The van der Waals surface area contributed by atoms with Crippen LogP contribution in [-0.2, 0) is 6.42 Å². The fraction of sp³-hybridized carbons (Fsp3) is 0.333. The van der Waals surface area contributed by atoms with E-state index >= 15 is 0 Å². The molecule has 132 valence electrons. The first-order valence-corrected chi connectivity index (χ1v) is 9.20. The monoisotopic (exact) mass is 346 g/mol. The van der Waals surface area contributed by atoms with Gasteiger partial charge < -0.3 is 4.90 Å². The second-order valence-corrected chi connectivity index (χ2v) is 6.86. The SMILES string of the molecule is O=C(c1ncccn1)N1CCC[C@H](Cc2cccc3cccnc23)CC1. The number of carbonyl (C=O) groups excluding carboxylic acids is 1. The zero-order chi connectivity index (χ0) is 17.8. The van der Waals surface area contributed by atoms with E-state index in [0.29, 0.717) is 11.7 Å². The number of rotatable bonds is 3.